The van der Waals surface area contributed by atoms with Crippen LogP contribution < -0.4 is 0 Å². The summed E-state index contributed by atoms with van der Waals surface area (Å²) in [5.41, 5.74) is 0.563. The molecule has 0 saturated heterocycles. The molecule has 0 aliphatic rings. The maximum absolute atomic E-state index is 13.0. The van der Waals surface area contributed by atoms with E-state index in [9.17, 15) is 9.18 Å². The van der Waals surface area contributed by atoms with Crippen LogP contribution in [0.4, 0.5) is 4.39 Å². The van der Waals surface area contributed by atoms with Crippen molar-refractivity contribution in [2.75, 3.05) is 7.11 Å². The van der Waals surface area contributed by atoms with E-state index < -0.39 is 5.97 Å². The second-order valence-electron chi connectivity index (χ2n) is 2.72. The zero-order chi connectivity index (χ0) is 10.4. The van der Waals surface area contributed by atoms with Crippen molar-refractivity contribution in [1.82, 2.24) is 0 Å². The predicted molar refractivity (Wildman–Crippen MR) is 51.3 cm³/mol. The largest absolute Gasteiger partial charge is 0.466 e. The zero-order valence-corrected chi connectivity index (χ0v) is 7.87. The fourth-order valence-electron chi connectivity index (χ4n) is 1.01. The second-order valence-corrected chi connectivity index (χ2v) is 2.72. The summed E-state index contributed by atoms with van der Waals surface area (Å²) < 4.78 is 17.4. The summed E-state index contributed by atoms with van der Waals surface area (Å²) in [5, 5.41) is 0. The third-order valence-electron chi connectivity index (χ3n) is 1.75. The molecule has 0 radical (unpaired) electrons. The summed E-state index contributed by atoms with van der Waals surface area (Å²) in [4.78, 5) is 10.7. The molecule has 0 bridgehead atoms. The van der Waals surface area contributed by atoms with Crippen molar-refractivity contribution in [3.63, 3.8) is 0 Å². The summed E-state index contributed by atoms with van der Waals surface area (Å²) >= 11 is 0. The molecular formula is C11H11FO2. The highest BCUT2D eigenvalue weighted by Crippen LogP contribution is 2.07. The minimum Gasteiger partial charge on any atom is -0.466 e. The van der Waals surface area contributed by atoms with Gasteiger partial charge in [0.25, 0.3) is 0 Å². The minimum absolute atomic E-state index is 0.262. The first-order valence-corrected chi connectivity index (χ1v) is 4.22. The van der Waals surface area contributed by atoms with Crippen molar-refractivity contribution in [1.29, 1.82) is 0 Å². The van der Waals surface area contributed by atoms with Crippen molar-refractivity contribution in [3.05, 3.63) is 47.8 Å². The van der Waals surface area contributed by atoms with Crippen LogP contribution in [-0.2, 0) is 16.0 Å². The summed E-state index contributed by atoms with van der Waals surface area (Å²) in [6.45, 7) is 0. The molecule has 0 aliphatic heterocycles. The number of methoxy groups -OCH3 is 1. The monoisotopic (exact) mass is 194 g/mol. The van der Waals surface area contributed by atoms with E-state index in [2.05, 4.69) is 4.74 Å². The Morgan fingerprint density at radius 1 is 1.50 bits per heavy atom. The Hall–Kier alpha value is -1.64. The van der Waals surface area contributed by atoms with Gasteiger partial charge < -0.3 is 4.74 Å². The smallest absolute Gasteiger partial charge is 0.330 e. The first-order valence-electron chi connectivity index (χ1n) is 4.22. The van der Waals surface area contributed by atoms with Crippen LogP contribution >= 0.6 is 0 Å². The van der Waals surface area contributed by atoms with Crippen molar-refractivity contribution >= 4 is 5.97 Å². The van der Waals surface area contributed by atoms with Crippen molar-refractivity contribution in [2.24, 2.45) is 0 Å². The van der Waals surface area contributed by atoms with E-state index in [1.807, 2.05) is 0 Å². The Morgan fingerprint density at radius 2 is 2.21 bits per heavy atom. The number of esters is 1. The molecule has 3 heteroatoms. The van der Waals surface area contributed by atoms with Gasteiger partial charge in [-0.1, -0.05) is 24.3 Å². The van der Waals surface area contributed by atoms with Gasteiger partial charge in [-0.25, -0.2) is 9.18 Å². The molecule has 0 saturated carbocycles. The van der Waals surface area contributed by atoms with E-state index in [4.69, 9.17) is 0 Å². The number of carbonyl (C=O) groups excluding carboxylic acids is 1. The quantitative estimate of drug-likeness (QED) is 0.544. The maximum Gasteiger partial charge on any atom is 0.330 e. The topological polar surface area (TPSA) is 26.3 Å². The van der Waals surface area contributed by atoms with Gasteiger partial charge in [-0.15, -0.1) is 0 Å². The Bertz CT molecular complexity index is 345. The second kappa shape index (κ2) is 5.17. The summed E-state index contributed by atoms with van der Waals surface area (Å²) in [6, 6.07) is 6.45. The molecule has 1 rings (SSSR count). The number of rotatable bonds is 3. The third kappa shape index (κ3) is 3.01. The Labute approximate surface area is 82.0 Å². The molecule has 0 unspecified atom stereocenters. The summed E-state index contributed by atoms with van der Waals surface area (Å²) in [6.07, 6.45) is 3.25. The Morgan fingerprint density at radius 3 is 2.86 bits per heavy atom. The maximum atomic E-state index is 13.0. The number of ether oxygens (including phenoxy) is 1. The van der Waals surface area contributed by atoms with Crippen LogP contribution in [0.2, 0.25) is 0 Å². The van der Waals surface area contributed by atoms with Gasteiger partial charge in [0.2, 0.25) is 0 Å². The van der Waals surface area contributed by atoms with E-state index in [1.54, 1.807) is 24.3 Å². The molecule has 14 heavy (non-hydrogen) atoms. The molecule has 1 aromatic carbocycles. The lowest BCUT2D eigenvalue weighted by Gasteiger charge is -1.97. The van der Waals surface area contributed by atoms with Crippen LogP contribution in [0.15, 0.2) is 36.4 Å². The third-order valence-corrected chi connectivity index (χ3v) is 1.75. The molecule has 0 amide bonds. The molecule has 0 spiro atoms. The molecular weight excluding hydrogens is 183 g/mol. The van der Waals surface area contributed by atoms with Gasteiger partial charge in [-0.05, 0) is 18.1 Å². The number of hydrogen-bond acceptors (Lipinski definition) is 2. The average Bonchev–Trinajstić information content (AvgIpc) is 2.20. The van der Waals surface area contributed by atoms with Gasteiger partial charge in [-0.2, -0.15) is 0 Å². The van der Waals surface area contributed by atoms with E-state index in [0.29, 0.717) is 12.0 Å². The van der Waals surface area contributed by atoms with Gasteiger partial charge in [-0.3, -0.25) is 0 Å². The first-order chi connectivity index (χ1) is 6.74. The normalized spacial score (nSPS) is 10.4. The van der Waals surface area contributed by atoms with E-state index in [0.717, 1.165) is 0 Å². The Balaban J connectivity index is 2.58. The number of carbonyl (C=O) groups is 1. The molecule has 74 valence electrons. The van der Waals surface area contributed by atoms with E-state index in [1.165, 1.54) is 19.3 Å². The number of allylic oxidation sites excluding steroid dienone is 1. The van der Waals surface area contributed by atoms with Crippen LogP contribution in [0.25, 0.3) is 0 Å². The molecule has 0 atom stereocenters. The van der Waals surface area contributed by atoms with Gasteiger partial charge in [0.1, 0.15) is 5.82 Å². The lowest BCUT2D eigenvalue weighted by molar-refractivity contribution is -0.134. The molecule has 0 heterocycles. The van der Waals surface area contributed by atoms with Crippen molar-refractivity contribution in [3.8, 4) is 0 Å². The minimum atomic E-state index is -0.429. The van der Waals surface area contributed by atoms with Gasteiger partial charge in [0, 0.05) is 6.08 Å². The number of hydrogen-bond donors (Lipinski definition) is 0. The van der Waals surface area contributed by atoms with Gasteiger partial charge in [0.05, 0.1) is 7.11 Å². The number of benzene rings is 1. The van der Waals surface area contributed by atoms with E-state index in [-0.39, 0.29) is 5.82 Å². The van der Waals surface area contributed by atoms with Gasteiger partial charge in [0.15, 0.2) is 0 Å². The first kappa shape index (κ1) is 10.4. The van der Waals surface area contributed by atoms with Gasteiger partial charge >= 0.3 is 5.97 Å². The highest BCUT2D eigenvalue weighted by molar-refractivity contribution is 5.81. The summed E-state index contributed by atoms with van der Waals surface area (Å²) in [5.74, 6) is -0.691. The highest BCUT2D eigenvalue weighted by Gasteiger charge is 1.97. The molecule has 0 fully saturated rings. The molecule has 0 aliphatic carbocycles. The van der Waals surface area contributed by atoms with E-state index >= 15 is 0 Å². The molecule has 0 aromatic heterocycles. The lowest BCUT2D eigenvalue weighted by atomic mass is 10.1. The fraction of sp³-hybridized carbons (Fsp3) is 0.182. The van der Waals surface area contributed by atoms with Crippen LogP contribution in [0, 0.1) is 5.82 Å². The lowest BCUT2D eigenvalue weighted by Crippen LogP contribution is -1.94. The number of halogens is 1. The average molecular weight is 194 g/mol. The van der Waals surface area contributed by atoms with Crippen LogP contribution in [0.3, 0.4) is 0 Å². The van der Waals surface area contributed by atoms with Crippen LogP contribution in [0.5, 0.6) is 0 Å². The highest BCUT2D eigenvalue weighted by atomic mass is 19.1. The molecule has 0 N–H and O–H groups in total. The standard InChI is InChI=1S/C11H11FO2/c1-14-11(13)8-4-6-9-5-2-3-7-10(9)12/h2-5,7-8H,6H2,1H3. The van der Waals surface area contributed by atoms with Crippen molar-refractivity contribution < 1.29 is 13.9 Å². The summed E-state index contributed by atoms with van der Waals surface area (Å²) in [7, 11) is 1.30. The molecule has 2 nitrogen and oxygen atoms in total. The predicted octanol–water partition coefficient (Wildman–Crippen LogP) is 2.10. The zero-order valence-electron chi connectivity index (χ0n) is 7.87. The van der Waals surface area contributed by atoms with Crippen LogP contribution in [0.1, 0.15) is 5.56 Å². The SMILES string of the molecule is COC(=O)C=CCc1ccccc1F. The van der Waals surface area contributed by atoms with Crippen molar-refractivity contribution in [2.45, 2.75) is 6.42 Å². The Kier molecular flexibility index (Phi) is 3.85. The fourth-order valence-corrected chi connectivity index (χ4v) is 1.01. The molecule has 1 aromatic rings. The van der Waals surface area contributed by atoms with Crippen LogP contribution in [-0.4, -0.2) is 13.1 Å².